The highest BCUT2D eigenvalue weighted by atomic mass is 35.6. The van der Waals surface area contributed by atoms with Gasteiger partial charge in [-0.1, -0.05) is 99.4 Å². The summed E-state index contributed by atoms with van der Waals surface area (Å²) >= 11 is 41.7. The summed E-state index contributed by atoms with van der Waals surface area (Å²) in [7, 11) is 0. The number of hydrogen-bond donors (Lipinski definition) is 0. The minimum absolute atomic E-state index is 0.189. The fourth-order valence-corrected chi connectivity index (χ4v) is 3.00. The van der Waals surface area contributed by atoms with Crippen molar-refractivity contribution in [2.24, 2.45) is 0 Å². The Bertz CT molecular complexity index is 913. The average molecular weight is 449 g/mol. The lowest BCUT2D eigenvalue weighted by atomic mass is 10.1. The zero-order valence-electron chi connectivity index (χ0n) is 10.9. The van der Waals surface area contributed by atoms with Gasteiger partial charge in [0.05, 0.1) is 27.4 Å². The third-order valence-electron chi connectivity index (χ3n) is 3.17. The third-order valence-corrected chi connectivity index (χ3v) is 4.64. The lowest BCUT2D eigenvalue weighted by molar-refractivity contribution is 1.10. The number of hydrogen-bond acceptors (Lipinski definition) is 2. The minimum atomic E-state index is -1.72. The van der Waals surface area contributed by atoms with Gasteiger partial charge in [-0.3, -0.25) is 0 Å². The zero-order chi connectivity index (χ0) is 17.0. The van der Waals surface area contributed by atoms with Crippen LogP contribution >= 0.6 is 81.2 Å². The standard InChI is InChI=1S/C14H5Cl7N2/c15-8-5-10(14(19,20)21)23-12-7(8)3-1-6-2-4-9(13(16,17)18)22-11(6)12/h1-5H. The molecule has 0 aliphatic carbocycles. The monoisotopic (exact) mass is 446 g/mol. The quantitative estimate of drug-likeness (QED) is 0.271. The molecule has 2 nitrogen and oxygen atoms in total. The number of pyridine rings is 2. The van der Waals surface area contributed by atoms with Gasteiger partial charge in [-0.15, -0.1) is 0 Å². The van der Waals surface area contributed by atoms with Crippen LogP contribution < -0.4 is 0 Å². The van der Waals surface area contributed by atoms with Gasteiger partial charge in [-0.2, -0.15) is 0 Å². The van der Waals surface area contributed by atoms with Crippen molar-refractivity contribution in [3.63, 3.8) is 0 Å². The maximum atomic E-state index is 6.28. The Morgan fingerprint density at radius 3 is 1.87 bits per heavy atom. The van der Waals surface area contributed by atoms with Gasteiger partial charge in [0.25, 0.3) is 0 Å². The molecule has 0 saturated carbocycles. The number of nitrogens with zero attached hydrogens (tertiary/aromatic N) is 2. The Labute approximate surface area is 166 Å². The minimum Gasteiger partial charge on any atom is -0.246 e. The Hall–Kier alpha value is 0.0700. The van der Waals surface area contributed by atoms with E-state index in [0.717, 1.165) is 5.39 Å². The van der Waals surface area contributed by atoms with Crippen molar-refractivity contribution in [2.75, 3.05) is 0 Å². The van der Waals surface area contributed by atoms with Crippen molar-refractivity contribution in [3.05, 3.63) is 46.7 Å². The van der Waals surface area contributed by atoms with Crippen LogP contribution in [-0.2, 0) is 7.59 Å². The molecule has 120 valence electrons. The summed E-state index contributed by atoms with van der Waals surface area (Å²) < 4.78 is -3.38. The first kappa shape index (κ1) is 17.9. The van der Waals surface area contributed by atoms with E-state index in [1.54, 1.807) is 12.1 Å². The lowest BCUT2D eigenvalue weighted by Crippen LogP contribution is -2.06. The van der Waals surface area contributed by atoms with E-state index >= 15 is 0 Å². The average Bonchev–Trinajstić information content (AvgIpc) is 2.44. The van der Waals surface area contributed by atoms with E-state index in [2.05, 4.69) is 9.97 Å². The molecule has 0 radical (unpaired) electrons. The predicted molar refractivity (Wildman–Crippen MR) is 101 cm³/mol. The Balaban J connectivity index is 2.42. The third kappa shape index (κ3) is 3.55. The molecule has 0 saturated heterocycles. The lowest BCUT2D eigenvalue weighted by Gasteiger charge is -2.14. The highest BCUT2D eigenvalue weighted by Gasteiger charge is 2.28. The van der Waals surface area contributed by atoms with Crippen molar-refractivity contribution < 1.29 is 0 Å². The van der Waals surface area contributed by atoms with E-state index in [1.165, 1.54) is 6.07 Å². The number of benzene rings is 1. The summed E-state index contributed by atoms with van der Waals surface area (Å²) in [4.78, 5) is 8.78. The number of alkyl halides is 6. The normalized spacial score (nSPS) is 13.0. The summed E-state index contributed by atoms with van der Waals surface area (Å²) in [5.74, 6) is 0. The van der Waals surface area contributed by atoms with E-state index in [1.807, 2.05) is 12.1 Å². The highest BCUT2D eigenvalue weighted by molar-refractivity contribution is 6.67. The SMILES string of the molecule is Clc1cc(C(Cl)(Cl)Cl)nc2c1ccc1ccc(C(Cl)(Cl)Cl)nc12. The first-order valence-corrected chi connectivity index (χ1v) is 8.76. The van der Waals surface area contributed by atoms with Crippen LogP contribution in [0.2, 0.25) is 5.02 Å². The van der Waals surface area contributed by atoms with E-state index in [4.69, 9.17) is 81.2 Å². The molecule has 2 aromatic heterocycles. The highest BCUT2D eigenvalue weighted by Crippen LogP contribution is 2.41. The molecule has 0 fully saturated rings. The van der Waals surface area contributed by atoms with Crippen LogP contribution in [-0.4, -0.2) is 9.97 Å². The summed E-state index contributed by atoms with van der Waals surface area (Å²) in [6, 6.07) is 8.56. The zero-order valence-corrected chi connectivity index (χ0v) is 16.2. The van der Waals surface area contributed by atoms with E-state index in [9.17, 15) is 0 Å². The Morgan fingerprint density at radius 1 is 0.696 bits per heavy atom. The smallest absolute Gasteiger partial charge is 0.232 e. The maximum absolute atomic E-state index is 6.28. The fraction of sp³-hybridized carbons (Fsp3) is 0.143. The van der Waals surface area contributed by atoms with Crippen LogP contribution in [0.15, 0.2) is 30.3 Å². The maximum Gasteiger partial charge on any atom is 0.232 e. The summed E-state index contributed by atoms with van der Waals surface area (Å²) in [6.07, 6.45) is 0. The molecule has 0 bridgehead atoms. The molecule has 0 amide bonds. The fourth-order valence-electron chi connectivity index (χ4n) is 2.13. The van der Waals surface area contributed by atoms with Gasteiger partial charge in [0.15, 0.2) is 0 Å². The molecular weight excluding hydrogens is 444 g/mol. The second kappa shape index (κ2) is 6.10. The molecule has 0 aliphatic rings. The first-order valence-electron chi connectivity index (χ1n) is 6.12. The Morgan fingerprint density at radius 2 is 1.26 bits per heavy atom. The van der Waals surface area contributed by atoms with E-state index < -0.39 is 7.59 Å². The molecule has 0 N–H and O–H groups in total. The molecule has 3 rings (SSSR count). The number of rotatable bonds is 0. The molecule has 0 aliphatic heterocycles. The van der Waals surface area contributed by atoms with Crippen LogP contribution in [0.3, 0.4) is 0 Å². The molecule has 0 atom stereocenters. The van der Waals surface area contributed by atoms with Crippen LogP contribution in [0.25, 0.3) is 21.8 Å². The molecule has 3 aromatic rings. The molecule has 23 heavy (non-hydrogen) atoms. The number of aromatic nitrogens is 2. The van der Waals surface area contributed by atoms with Crippen LogP contribution in [0, 0.1) is 0 Å². The van der Waals surface area contributed by atoms with Crippen LogP contribution in [0.4, 0.5) is 0 Å². The molecule has 2 heterocycles. The van der Waals surface area contributed by atoms with Crippen LogP contribution in [0.1, 0.15) is 11.4 Å². The van der Waals surface area contributed by atoms with Crippen molar-refractivity contribution in [3.8, 4) is 0 Å². The second-order valence-corrected chi connectivity index (χ2v) is 9.68. The summed E-state index contributed by atoms with van der Waals surface area (Å²) in [5.41, 5.74) is 1.42. The Kier molecular flexibility index (Phi) is 4.74. The topological polar surface area (TPSA) is 25.8 Å². The van der Waals surface area contributed by atoms with Gasteiger partial charge in [-0.05, 0) is 12.1 Å². The van der Waals surface area contributed by atoms with Gasteiger partial charge in [-0.25, -0.2) is 9.97 Å². The molecule has 9 heteroatoms. The van der Waals surface area contributed by atoms with Crippen molar-refractivity contribution in [1.29, 1.82) is 0 Å². The largest absolute Gasteiger partial charge is 0.246 e. The molecule has 1 aromatic carbocycles. The van der Waals surface area contributed by atoms with Crippen LogP contribution in [0.5, 0.6) is 0 Å². The first-order chi connectivity index (χ1) is 10.6. The summed E-state index contributed by atoms with van der Waals surface area (Å²) in [6.45, 7) is 0. The number of halogens is 7. The van der Waals surface area contributed by atoms with Gasteiger partial charge < -0.3 is 0 Å². The van der Waals surface area contributed by atoms with E-state index in [0.29, 0.717) is 21.4 Å². The van der Waals surface area contributed by atoms with Gasteiger partial charge in [0.2, 0.25) is 7.59 Å². The van der Waals surface area contributed by atoms with Gasteiger partial charge >= 0.3 is 0 Å². The second-order valence-electron chi connectivity index (χ2n) is 4.71. The predicted octanol–water partition coefficient (Wildman–Crippen LogP) is 7.09. The van der Waals surface area contributed by atoms with Crippen molar-refractivity contribution >= 4 is 103 Å². The van der Waals surface area contributed by atoms with Gasteiger partial charge in [0, 0.05) is 10.8 Å². The molecule has 0 spiro atoms. The van der Waals surface area contributed by atoms with Crippen molar-refractivity contribution in [1.82, 2.24) is 9.97 Å². The van der Waals surface area contributed by atoms with Crippen molar-refractivity contribution in [2.45, 2.75) is 7.59 Å². The van der Waals surface area contributed by atoms with E-state index in [-0.39, 0.29) is 11.4 Å². The molecular formula is C14H5Cl7N2. The van der Waals surface area contributed by atoms with Gasteiger partial charge in [0.1, 0.15) is 0 Å². The number of fused-ring (bicyclic) bond motifs is 3. The molecule has 0 unspecified atom stereocenters. The summed E-state index contributed by atoms with van der Waals surface area (Å²) in [5, 5.41) is 1.84.